The summed E-state index contributed by atoms with van der Waals surface area (Å²) in [6.45, 7) is 13.4. The molecule has 0 unspecified atom stereocenters. The Bertz CT molecular complexity index is 1540. The largest absolute Gasteiger partial charge is 0.491 e. The number of fused-ring (bicyclic) bond motifs is 2. The van der Waals surface area contributed by atoms with Crippen LogP contribution in [0.15, 0.2) is 72.8 Å². The Labute approximate surface area is 315 Å². The minimum atomic E-state index is -0.00313. The Kier molecular flexibility index (Phi) is 14.5. The molecule has 4 aromatic carbocycles. The van der Waals surface area contributed by atoms with Gasteiger partial charge in [0.2, 0.25) is 0 Å². The van der Waals surface area contributed by atoms with E-state index in [1.54, 1.807) is 0 Å². The number of hydrogen-bond donors (Lipinski definition) is 0. The predicted molar refractivity (Wildman–Crippen MR) is 207 cm³/mol. The van der Waals surface area contributed by atoms with Crippen molar-refractivity contribution in [2.75, 3.05) is 66.1 Å². The summed E-state index contributed by atoms with van der Waals surface area (Å²) < 4.78 is 50.1. The van der Waals surface area contributed by atoms with Crippen LogP contribution in [0.2, 0.25) is 0 Å². The molecule has 1 heterocycles. The quantitative estimate of drug-likeness (QED) is 0.184. The Hall–Kier alpha value is -4.08. The van der Waals surface area contributed by atoms with Gasteiger partial charge in [-0.15, -0.1) is 0 Å². The molecule has 2 aliphatic rings. The van der Waals surface area contributed by atoms with Crippen LogP contribution < -0.4 is 18.9 Å². The molecule has 8 heteroatoms. The van der Waals surface area contributed by atoms with Gasteiger partial charge in [-0.1, -0.05) is 72.8 Å². The first-order valence-corrected chi connectivity index (χ1v) is 19.3. The van der Waals surface area contributed by atoms with E-state index in [1.165, 1.54) is 0 Å². The molecule has 0 spiro atoms. The minimum Gasteiger partial charge on any atom is -0.491 e. The first kappa shape index (κ1) is 38.6. The van der Waals surface area contributed by atoms with Crippen LogP contribution in [0.5, 0.6) is 23.0 Å². The summed E-state index contributed by atoms with van der Waals surface area (Å²) in [5.74, 6) is 3.58. The predicted octanol–water partition coefficient (Wildman–Crippen LogP) is 8.17. The first-order valence-electron chi connectivity index (χ1n) is 19.3. The van der Waals surface area contributed by atoms with Gasteiger partial charge in [-0.05, 0) is 78.6 Å². The van der Waals surface area contributed by atoms with E-state index in [1.807, 2.05) is 0 Å². The lowest BCUT2D eigenvalue weighted by molar-refractivity contribution is 0.0143. The van der Waals surface area contributed by atoms with Gasteiger partial charge in [0.15, 0.2) is 0 Å². The van der Waals surface area contributed by atoms with Crippen LogP contribution in [0.1, 0.15) is 78.6 Å². The first-order chi connectivity index (χ1) is 26.0. The molecule has 0 atom stereocenters. The van der Waals surface area contributed by atoms with Gasteiger partial charge in [-0.2, -0.15) is 0 Å². The van der Waals surface area contributed by atoms with Crippen molar-refractivity contribution in [1.29, 1.82) is 0 Å². The Morgan fingerprint density at radius 3 is 0.981 bits per heavy atom. The minimum absolute atomic E-state index is 0.00313. The smallest absolute Gasteiger partial charge is 0.126 e. The number of hydrogen-bond acceptors (Lipinski definition) is 8. The van der Waals surface area contributed by atoms with Gasteiger partial charge in [0.05, 0.1) is 51.8 Å². The highest BCUT2D eigenvalue weighted by atomic mass is 16.6. The van der Waals surface area contributed by atoms with Crippen LogP contribution in [0.3, 0.4) is 0 Å². The van der Waals surface area contributed by atoms with Crippen LogP contribution in [-0.4, -0.2) is 78.3 Å². The van der Waals surface area contributed by atoms with Gasteiger partial charge < -0.3 is 37.9 Å². The van der Waals surface area contributed by atoms with Gasteiger partial charge in [-0.25, -0.2) is 0 Å². The molecule has 1 aliphatic heterocycles. The van der Waals surface area contributed by atoms with Crippen LogP contribution in [0.4, 0.5) is 0 Å². The van der Waals surface area contributed by atoms with E-state index in [-0.39, 0.29) is 12.2 Å². The second-order valence-electron chi connectivity index (χ2n) is 14.2. The van der Waals surface area contributed by atoms with Gasteiger partial charge in [-0.3, -0.25) is 0 Å². The Morgan fingerprint density at radius 1 is 0.377 bits per heavy atom. The molecule has 0 amide bonds. The highest BCUT2D eigenvalue weighted by Crippen LogP contribution is 2.39. The third-order valence-corrected chi connectivity index (χ3v) is 9.21. The molecule has 6 rings (SSSR count). The van der Waals surface area contributed by atoms with Crippen molar-refractivity contribution >= 4 is 0 Å². The van der Waals surface area contributed by atoms with Crippen molar-refractivity contribution in [2.24, 2.45) is 0 Å². The zero-order chi connectivity index (χ0) is 36.8. The van der Waals surface area contributed by atoms with Gasteiger partial charge in [0.25, 0.3) is 0 Å². The molecular formula is C45H56O8. The van der Waals surface area contributed by atoms with Crippen molar-refractivity contribution in [1.82, 2.24) is 0 Å². The third kappa shape index (κ3) is 11.0. The lowest BCUT2D eigenvalue weighted by atomic mass is 9.91. The standard InChI is InChI=1S/C45H56O8/c1-32(2)52-44-38-14-7-15-39(44)29-35-11-6-13-37-31-41-17-8-16-40(45(41)53-33(3)4)30-36-12-5-10-34(28-38)42(36)50-26-24-48-22-20-46-18-9-19-47-21-23-49-25-27-51-43(35)37/h5-8,10-17,32-33H,9,18-31H2,1-4H3. The normalized spacial score (nSPS) is 16.6. The van der Waals surface area contributed by atoms with Crippen LogP contribution in [0, 0.1) is 0 Å². The van der Waals surface area contributed by atoms with E-state index in [0.717, 1.165) is 73.9 Å². The van der Waals surface area contributed by atoms with Gasteiger partial charge in [0.1, 0.15) is 36.2 Å². The van der Waals surface area contributed by atoms with Crippen LogP contribution in [0.25, 0.3) is 0 Å². The summed E-state index contributed by atoms with van der Waals surface area (Å²) in [4.78, 5) is 0. The summed E-state index contributed by atoms with van der Waals surface area (Å²) >= 11 is 0. The van der Waals surface area contributed by atoms with E-state index in [4.69, 9.17) is 37.9 Å². The second kappa shape index (κ2) is 19.8. The highest BCUT2D eigenvalue weighted by Gasteiger charge is 2.22. The van der Waals surface area contributed by atoms with Crippen molar-refractivity contribution < 1.29 is 37.9 Å². The Morgan fingerprint density at radius 2 is 0.660 bits per heavy atom. The second-order valence-corrected chi connectivity index (χ2v) is 14.2. The molecule has 53 heavy (non-hydrogen) atoms. The summed E-state index contributed by atoms with van der Waals surface area (Å²) in [7, 11) is 0. The number of rotatable bonds is 4. The molecule has 4 aromatic rings. The van der Waals surface area contributed by atoms with Crippen molar-refractivity contribution in [3.8, 4) is 23.0 Å². The number of para-hydroxylation sites is 4. The molecule has 0 saturated carbocycles. The monoisotopic (exact) mass is 724 g/mol. The molecule has 284 valence electrons. The molecule has 0 fully saturated rings. The average molecular weight is 725 g/mol. The highest BCUT2D eigenvalue weighted by molar-refractivity contribution is 5.56. The zero-order valence-electron chi connectivity index (χ0n) is 32.0. The Balaban J connectivity index is 1.48. The van der Waals surface area contributed by atoms with Crippen LogP contribution >= 0.6 is 0 Å². The van der Waals surface area contributed by atoms with Crippen molar-refractivity contribution in [3.05, 3.63) is 117 Å². The molecule has 0 aromatic heterocycles. The molecule has 1 aliphatic carbocycles. The van der Waals surface area contributed by atoms with E-state index < -0.39 is 0 Å². The molecule has 0 N–H and O–H groups in total. The third-order valence-electron chi connectivity index (χ3n) is 9.21. The van der Waals surface area contributed by atoms with Gasteiger partial charge in [0, 0.05) is 38.9 Å². The van der Waals surface area contributed by atoms with Crippen molar-refractivity contribution in [3.63, 3.8) is 0 Å². The molecule has 10 bridgehead atoms. The van der Waals surface area contributed by atoms with E-state index >= 15 is 0 Å². The van der Waals surface area contributed by atoms with Crippen molar-refractivity contribution in [2.45, 2.75) is 72.0 Å². The van der Waals surface area contributed by atoms with E-state index in [9.17, 15) is 0 Å². The van der Waals surface area contributed by atoms with Crippen LogP contribution in [-0.2, 0) is 44.6 Å². The van der Waals surface area contributed by atoms with E-state index in [2.05, 4.69) is 100 Å². The fourth-order valence-electron chi connectivity index (χ4n) is 6.94. The molecule has 0 saturated heterocycles. The molecule has 0 radical (unpaired) electrons. The maximum atomic E-state index is 6.67. The zero-order valence-corrected chi connectivity index (χ0v) is 32.0. The lowest BCUT2D eigenvalue weighted by Crippen LogP contribution is -2.15. The summed E-state index contributed by atoms with van der Waals surface area (Å²) in [6, 6.07) is 25.9. The maximum Gasteiger partial charge on any atom is 0.126 e. The maximum absolute atomic E-state index is 6.67. The van der Waals surface area contributed by atoms with E-state index in [0.29, 0.717) is 91.8 Å². The van der Waals surface area contributed by atoms with Gasteiger partial charge >= 0.3 is 0 Å². The number of ether oxygens (including phenoxy) is 8. The summed E-state index contributed by atoms with van der Waals surface area (Å²) in [5.41, 5.74) is 8.84. The SMILES string of the molecule is CC(C)Oc1c2cccc1Cc1cccc3c1OCCOCCOCCCOCCOCCOc1c(cccc1Cc1cccc(c1OC(C)C)C3)C2. The molecular weight excluding hydrogens is 668 g/mol. The topological polar surface area (TPSA) is 73.8 Å². The molecule has 8 nitrogen and oxygen atoms in total. The average Bonchev–Trinajstić information content (AvgIpc) is 3.13. The summed E-state index contributed by atoms with van der Waals surface area (Å²) in [6.07, 6.45) is 3.40. The fraction of sp³-hybridized carbons (Fsp3) is 0.467. The lowest BCUT2D eigenvalue weighted by Gasteiger charge is -2.24. The fourth-order valence-corrected chi connectivity index (χ4v) is 6.94. The summed E-state index contributed by atoms with van der Waals surface area (Å²) in [5, 5.41) is 0. The number of benzene rings is 4.